The number of aryl methyl sites for hydroxylation is 2. The van der Waals surface area contributed by atoms with Crippen molar-refractivity contribution in [3.05, 3.63) is 96.5 Å². The molecule has 1 amide bonds. The first-order chi connectivity index (χ1) is 19.7. The van der Waals surface area contributed by atoms with Gasteiger partial charge in [-0.2, -0.15) is 9.78 Å². The highest BCUT2D eigenvalue weighted by atomic mass is 79.9. The molecule has 0 aliphatic carbocycles. The molecule has 0 aliphatic heterocycles. The number of anilines is 1. The summed E-state index contributed by atoms with van der Waals surface area (Å²) >= 11 is 3.38. The van der Waals surface area contributed by atoms with Crippen LogP contribution in [0.15, 0.2) is 69.0 Å². The van der Waals surface area contributed by atoms with Crippen LogP contribution in [0.4, 0.5) is 11.4 Å². The second-order valence-electron chi connectivity index (χ2n) is 9.01. The quantitative estimate of drug-likeness (QED) is 0.130. The van der Waals surface area contributed by atoms with Crippen LogP contribution in [0.5, 0.6) is 11.5 Å². The van der Waals surface area contributed by atoms with Crippen LogP contribution in [0, 0.1) is 17.0 Å². The third-order valence-corrected chi connectivity index (χ3v) is 6.49. The van der Waals surface area contributed by atoms with Gasteiger partial charge >= 0.3 is 5.69 Å². The van der Waals surface area contributed by atoms with Crippen LogP contribution in [0.2, 0.25) is 0 Å². The fourth-order valence-corrected chi connectivity index (χ4v) is 4.45. The zero-order valence-electron chi connectivity index (χ0n) is 22.7. The zero-order valence-corrected chi connectivity index (χ0v) is 24.3. The van der Waals surface area contributed by atoms with E-state index in [0.29, 0.717) is 34.4 Å². The van der Waals surface area contributed by atoms with Crippen LogP contribution in [0.25, 0.3) is 10.9 Å². The number of carbonyl (C=O) groups excluding carboxylic acids is 1. The number of benzene rings is 3. The van der Waals surface area contributed by atoms with Gasteiger partial charge in [0, 0.05) is 28.2 Å². The standard InChI is InChI=1S/C29H28BrN5O6/c1-4-8-26-32-23-12-11-20(30)15-21(23)29(37)34(26)31-16-19-13-24(35(38)39)28(25(14-19)40-5-2)41-17-27(36)33-22-10-7-6-9-18(22)3/h6-7,9-16H,4-5,8,17H2,1-3H3,(H,33,36). The molecule has 0 atom stereocenters. The van der Waals surface area contributed by atoms with Crippen molar-refractivity contribution < 1.29 is 19.2 Å². The molecule has 41 heavy (non-hydrogen) atoms. The van der Waals surface area contributed by atoms with Crippen LogP contribution >= 0.6 is 15.9 Å². The Morgan fingerprint density at radius 3 is 2.66 bits per heavy atom. The van der Waals surface area contributed by atoms with Gasteiger partial charge in [-0.1, -0.05) is 41.1 Å². The van der Waals surface area contributed by atoms with Gasteiger partial charge in [0.1, 0.15) is 5.82 Å². The average molecular weight is 622 g/mol. The van der Waals surface area contributed by atoms with E-state index in [0.717, 1.165) is 16.5 Å². The van der Waals surface area contributed by atoms with Crippen molar-refractivity contribution in [2.45, 2.75) is 33.6 Å². The fourth-order valence-electron chi connectivity index (χ4n) is 4.09. The number of fused-ring (bicyclic) bond motifs is 1. The molecule has 0 fully saturated rings. The lowest BCUT2D eigenvalue weighted by atomic mass is 10.2. The van der Waals surface area contributed by atoms with Gasteiger partial charge in [0.15, 0.2) is 12.4 Å². The van der Waals surface area contributed by atoms with E-state index in [1.807, 2.05) is 32.0 Å². The third kappa shape index (κ3) is 6.95. The van der Waals surface area contributed by atoms with E-state index in [9.17, 15) is 19.7 Å². The molecule has 1 N–H and O–H groups in total. The lowest BCUT2D eigenvalue weighted by Gasteiger charge is -2.14. The van der Waals surface area contributed by atoms with Crippen LogP contribution < -0.4 is 20.3 Å². The molecule has 0 radical (unpaired) electrons. The summed E-state index contributed by atoms with van der Waals surface area (Å²) in [6, 6.07) is 15.2. The first-order valence-electron chi connectivity index (χ1n) is 12.9. The Morgan fingerprint density at radius 2 is 1.95 bits per heavy atom. The number of ether oxygens (including phenoxy) is 2. The minimum atomic E-state index is -0.627. The number of nitrogens with one attached hydrogen (secondary N) is 1. The molecule has 1 heterocycles. The predicted octanol–water partition coefficient (Wildman–Crippen LogP) is 5.63. The number of nitro benzene ring substituents is 1. The molecule has 3 aromatic carbocycles. The second kappa shape index (κ2) is 13.2. The Hall–Kier alpha value is -4.58. The Kier molecular flexibility index (Phi) is 9.45. The smallest absolute Gasteiger partial charge is 0.315 e. The van der Waals surface area contributed by atoms with Crippen molar-refractivity contribution in [3.63, 3.8) is 0 Å². The number of para-hydroxylation sites is 1. The van der Waals surface area contributed by atoms with E-state index in [2.05, 4.69) is 31.3 Å². The van der Waals surface area contributed by atoms with Gasteiger partial charge in [0.05, 0.1) is 28.6 Å². The summed E-state index contributed by atoms with van der Waals surface area (Å²) in [6.45, 7) is 5.24. The lowest BCUT2D eigenvalue weighted by Crippen LogP contribution is -2.22. The van der Waals surface area contributed by atoms with Crippen molar-refractivity contribution in [2.24, 2.45) is 5.10 Å². The van der Waals surface area contributed by atoms with Crippen molar-refractivity contribution >= 4 is 50.3 Å². The summed E-state index contributed by atoms with van der Waals surface area (Å²) in [7, 11) is 0. The van der Waals surface area contributed by atoms with E-state index in [1.165, 1.54) is 23.0 Å². The third-order valence-electron chi connectivity index (χ3n) is 5.99. The molecule has 1 aromatic heterocycles. The fraction of sp³-hybridized carbons (Fsp3) is 0.241. The summed E-state index contributed by atoms with van der Waals surface area (Å²) in [5.41, 5.74) is 1.54. The maximum Gasteiger partial charge on any atom is 0.315 e. The Balaban J connectivity index is 1.68. The number of nitrogens with zero attached hydrogens (tertiary/aromatic N) is 4. The Bertz CT molecular complexity index is 1700. The largest absolute Gasteiger partial charge is 0.490 e. The summed E-state index contributed by atoms with van der Waals surface area (Å²) in [5, 5.41) is 19.5. The van der Waals surface area contributed by atoms with E-state index in [1.54, 1.807) is 31.2 Å². The highest BCUT2D eigenvalue weighted by Gasteiger charge is 2.24. The molecule has 0 saturated heterocycles. The highest BCUT2D eigenvalue weighted by molar-refractivity contribution is 9.10. The molecule has 0 saturated carbocycles. The molecule has 0 unspecified atom stereocenters. The number of rotatable bonds is 11. The van der Waals surface area contributed by atoms with Crippen molar-refractivity contribution in [3.8, 4) is 11.5 Å². The lowest BCUT2D eigenvalue weighted by molar-refractivity contribution is -0.385. The minimum Gasteiger partial charge on any atom is -0.490 e. The van der Waals surface area contributed by atoms with Crippen LogP contribution in [0.3, 0.4) is 0 Å². The molecule has 0 spiro atoms. The van der Waals surface area contributed by atoms with Crippen LogP contribution in [-0.4, -0.2) is 39.9 Å². The Morgan fingerprint density at radius 1 is 1.17 bits per heavy atom. The predicted molar refractivity (Wildman–Crippen MR) is 160 cm³/mol. The first kappa shape index (κ1) is 29.4. The minimum absolute atomic E-state index is 0.0635. The number of nitro groups is 1. The average Bonchev–Trinajstić information content (AvgIpc) is 2.94. The Labute approximate surface area is 244 Å². The number of aromatic nitrogens is 2. The molecule has 12 heteroatoms. The molecular formula is C29H28BrN5O6. The summed E-state index contributed by atoms with van der Waals surface area (Å²) in [6.07, 6.45) is 2.56. The first-order valence-corrected chi connectivity index (χ1v) is 13.7. The zero-order chi connectivity index (χ0) is 29.5. The molecule has 4 aromatic rings. The van der Waals surface area contributed by atoms with Crippen molar-refractivity contribution in [1.29, 1.82) is 0 Å². The van der Waals surface area contributed by atoms with E-state index in [-0.39, 0.29) is 23.7 Å². The van der Waals surface area contributed by atoms with Gasteiger partial charge in [0.2, 0.25) is 5.75 Å². The second-order valence-corrected chi connectivity index (χ2v) is 9.93. The summed E-state index contributed by atoms with van der Waals surface area (Å²) in [5.74, 6) is -0.147. The molecular weight excluding hydrogens is 594 g/mol. The van der Waals surface area contributed by atoms with Gasteiger partial charge in [-0.05, 0) is 56.2 Å². The number of hydrogen-bond acceptors (Lipinski definition) is 8. The van der Waals surface area contributed by atoms with Crippen LogP contribution in [-0.2, 0) is 11.2 Å². The number of amides is 1. The molecule has 0 aliphatic rings. The van der Waals surface area contributed by atoms with Gasteiger partial charge < -0.3 is 14.8 Å². The number of carbonyl (C=O) groups is 1. The summed E-state index contributed by atoms with van der Waals surface area (Å²) < 4.78 is 13.2. The van der Waals surface area contributed by atoms with Crippen molar-refractivity contribution in [1.82, 2.24) is 9.66 Å². The van der Waals surface area contributed by atoms with Gasteiger partial charge in [-0.25, -0.2) is 4.98 Å². The highest BCUT2D eigenvalue weighted by Crippen LogP contribution is 2.38. The topological polar surface area (TPSA) is 138 Å². The van der Waals surface area contributed by atoms with E-state index in [4.69, 9.17) is 9.47 Å². The van der Waals surface area contributed by atoms with Gasteiger partial charge in [-0.3, -0.25) is 19.7 Å². The van der Waals surface area contributed by atoms with Crippen LogP contribution in [0.1, 0.15) is 37.2 Å². The molecule has 11 nitrogen and oxygen atoms in total. The monoisotopic (exact) mass is 621 g/mol. The van der Waals surface area contributed by atoms with E-state index < -0.39 is 23.1 Å². The molecule has 0 bridgehead atoms. The maximum atomic E-state index is 13.3. The number of hydrogen-bond donors (Lipinski definition) is 1. The van der Waals surface area contributed by atoms with Crippen molar-refractivity contribution in [2.75, 3.05) is 18.5 Å². The SMILES string of the molecule is CCCc1nc2ccc(Br)cc2c(=O)n1N=Cc1cc(OCC)c(OCC(=O)Nc2ccccc2C)c([N+](=O)[O-])c1. The van der Waals surface area contributed by atoms with E-state index >= 15 is 0 Å². The maximum absolute atomic E-state index is 13.3. The molecule has 212 valence electrons. The normalized spacial score (nSPS) is 11.1. The summed E-state index contributed by atoms with van der Waals surface area (Å²) in [4.78, 5) is 41.8. The van der Waals surface area contributed by atoms with Gasteiger partial charge in [-0.15, -0.1) is 0 Å². The molecule has 4 rings (SSSR count). The van der Waals surface area contributed by atoms with Gasteiger partial charge in [0.25, 0.3) is 11.5 Å². The number of halogens is 1.